The van der Waals surface area contributed by atoms with Crippen LogP contribution in [0.25, 0.3) is 0 Å². The Labute approximate surface area is 113 Å². The minimum atomic E-state index is -4.64. The van der Waals surface area contributed by atoms with Crippen molar-refractivity contribution in [1.29, 1.82) is 5.26 Å². The molecule has 0 aliphatic rings. The molecular weight excluding hydrogens is 279 g/mol. The van der Waals surface area contributed by atoms with Crippen molar-refractivity contribution in [2.24, 2.45) is 0 Å². The lowest BCUT2D eigenvalue weighted by Gasteiger charge is -2.14. The number of carbonyl (C=O) groups excluding carboxylic acids is 1. The predicted octanol–water partition coefficient (Wildman–Crippen LogP) is 2.97. The largest absolute Gasteiger partial charge is 0.466 e. The van der Waals surface area contributed by atoms with Gasteiger partial charge in [0.25, 0.3) is 0 Å². The third kappa shape index (κ3) is 3.64. The van der Waals surface area contributed by atoms with Crippen molar-refractivity contribution in [1.82, 2.24) is 0 Å². The minimum absolute atomic E-state index is 0.0582. The smallest absolute Gasteiger partial charge is 0.416 e. The van der Waals surface area contributed by atoms with Crippen LogP contribution < -0.4 is 0 Å². The fourth-order valence-electron chi connectivity index (χ4n) is 1.57. The molecule has 1 rings (SSSR count). The van der Waals surface area contributed by atoms with Gasteiger partial charge in [-0.2, -0.15) is 18.4 Å². The number of thiol groups is 1. The first-order chi connectivity index (χ1) is 8.81. The molecular formula is C12H10F3NO2S. The molecule has 0 heterocycles. The number of halogens is 3. The Morgan fingerprint density at radius 3 is 2.58 bits per heavy atom. The average molecular weight is 289 g/mol. The van der Waals surface area contributed by atoms with Crippen LogP contribution in [0.15, 0.2) is 17.0 Å². The number of esters is 1. The van der Waals surface area contributed by atoms with Crippen LogP contribution in [0.4, 0.5) is 13.2 Å². The maximum Gasteiger partial charge on any atom is 0.416 e. The van der Waals surface area contributed by atoms with E-state index in [0.29, 0.717) is 0 Å². The fraction of sp³-hybridized carbons (Fsp3) is 0.333. The molecule has 102 valence electrons. The lowest BCUT2D eigenvalue weighted by molar-refractivity contribution is -0.143. The van der Waals surface area contributed by atoms with Crippen molar-refractivity contribution in [3.8, 4) is 6.07 Å². The van der Waals surface area contributed by atoms with Gasteiger partial charge in [0.15, 0.2) is 0 Å². The maximum absolute atomic E-state index is 12.8. The molecule has 0 aromatic heterocycles. The van der Waals surface area contributed by atoms with E-state index in [0.717, 1.165) is 12.1 Å². The van der Waals surface area contributed by atoms with Gasteiger partial charge >= 0.3 is 12.1 Å². The Kier molecular flexibility index (Phi) is 4.84. The molecule has 7 heteroatoms. The van der Waals surface area contributed by atoms with E-state index in [1.165, 1.54) is 0 Å². The van der Waals surface area contributed by atoms with Gasteiger partial charge in [0, 0.05) is 4.90 Å². The Balaban J connectivity index is 3.35. The highest BCUT2D eigenvalue weighted by atomic mass is 32.1. The molecule has 0 atom stereocenters. The van der Waals surface area contributed by atoms with Crippen LogP contribution >= 0.6 is 12.6 Å². The van der Waals surface area contributed by atoms with Crippen molar-refractivity contribution in [3.05, 3.63) is 28.8 Å². The lowest BCUT2D eigenvalue weighted by Crippen LogP contribution is -2.16. The van der Waals surface area contributed by atoms with E-state index in [1.807, 2.05) is 0 Å². The van der Waals surface area contributed by atoms with Gasteiger partial charge in [-0.1, -0.05) is 0 Å². The molecule has 3 nitrogen and oxygen atoms in total. The number of carbonyl (C=O) groups is 1. The molecule has 0 aliphatic carbocycles. The summed E-state index contributed by atoms with van der Waals surface area (Å²) in [7, 11) is 0. The Bertz CT molecular complexity index is 535. The van der Waals surface area contributed by atoms with Gasteiger partial charge in [-0.3, -0.25) is 4.79 Å². The van der Waals surface area contributed by atoms with Gasteiger partial charge in [0.2, 0.25) is 0 Å². The summed E-state index contributed by atoms with van der Waals surface area (Å²) < 4.78 is 43.2. The van der Waals surface area contributed by atoms with Crippen molar-refractivity contribution < 1.29 is 22.7 Å². The summed E-state index contributed by atoms with van der Waals surface area (Å²) in [5, 5.41) is 8.91. The van der Waals surface area contributed by atoms with E-state index in [1.54, 1.807) is 13.0 Å². The van der Waals surface area contributed by atoms with Crippen molar-refractivity contribution in [2.45, 2.75) is 24.4 Å². The molecule has 0 bridgehead atoms. The zero-order chi connectivity index (χ0) is 14.6. The Hall–Kier alpha value is -1.68. The summed E-state index contributed by atoms with van der Waals surface area (Å²) in [6.07, 6.45) is -5.26. The topological polar surface area (TPSA) is 50.1 Å². The summed E-state index contributed by atoms with van der Waals surface area (Å²) in [5.74, 6) is -0.816. The highest BCUT2D eigenvalue weighted by Gasteiger charge is 2.35. The Morgan fingerprint density at radius 2 is 2.11 bits per heavy atom. The molecule has 0 fully saturated rings. The number of benzene rings is 1. The summed E-state index contributed by atoms with van der Waals surface area (Å²) in [6.45, 7) is 1.60. The number of rotatable bonds is 3. The van der Waals surface area contributed by atoms with Crippen molar-refractivity contribution in [3.63, 3.8) is 0 Å². The number of hydrogen-bond donors (Lipinski definition) is 1. The zero-order valence-corrected chi connectivity index (χ0v) is 10.8. The first-order valence-electron chi connectivity index (χ1n) is 5.29. The third-order valence-electron chi connectivity index (χ3n) is 2.33. The maximum atomic E-state index is 12.8. The third-order valence-corrected chi connectivity index (χ3v) is 2.71. The SMILES string of the molecule is CCOC(=O)Cc1c(C(F)(F)F)ccc(S)c1C#N. The summed E-state index contributed by atoms with van der Waals surface area (Å²) in [4.78, 5) is 11.4. The van der Waals surface area contributed by atoms with Crippen LogP contribution in [-0.4, -0.2) is 12.6 Å². The van der Waals surface area contributed by atoms with Gasteiger partial charge in [0.1, 0.15) is 6.07 Å². The molecule has 0 aliphatic heterocycles. The van der Waals surface area contributed by atoms with E-state index in [4.69, 9.17) is 5.26 Å². The Morgan fingerprint density at radius 1 is 1.47 bits per heavy atom. The lowest BCUT2D eigenvalue weighted by atomic mass is 9.98. The molecule has 0 amide bonds. The molecule has 0 unspecified atom stereocenters. The predicted molar refractivity (Wildman–Crippen MR) is 63.7 cm³/mol. The number of hydrogen-bond acceptors (Lipinski definition) is 4. The van der Waals surface area contributed by atoms with E-state index in [2.05, 4.69) is 17.4 Å². The van der Waals surface area contributed by atoms with Gasteiger partial charge in [0.05, 0.1) is 24.2 Å². The quantitative estimate of drug-likeness (QED) is 0.687. The number of alkyl halides is 3. The molecule has 19 heavy (non-hydrogen) atoms. The molecule has 0 saturated carbocycles. The second-order valence-corrected chi connectivity index (χ2v) is 4.06. The van der Waals surface area contributed by atoms with Crippen LogP contribution in [0.1, 0.15) is 23.6 Å². The monoisotopic (exact) mass is 289 g/mol. The first kappa shape index (κ1) is 15.4. The van der Waals surface area contributed by atoms with Gasteiger partial charge in [-0.25, -0.2) is 0 Å². The summed E-state index contributed by atoms with van der Waals surface area (Å²) in [5.41, 5.74) is -1.68. The van der Waals surface area contributed by atoms with E-state index in [9.17, 15) is 18.0 Å². The first-order valence-corrected chi connectivity index (χ1v) is 5.73. The van der Waals surface area contributed by atoms with Crippen molar-refractivity contribution in [2.75, 3.05) is 6.61 Å². The van der Waals surface area contributed by atoms with E-state index >= 15 is 0 Å². The highest BCUT2D eigenvalue weighted by molar-refractivity contribution is 7.80. The van der Waals surface area contributed by atoms with Crippen LogP contribution in [0.5, 0.6) is 0 Å². The number of ether oxygens (including phenoxy) is 1. The normalized spacial score (nSPS) is 10.9. The number of nitriles is 1. The molecule has 0 spiro atoms. The molecule has 0 N–H and O–H groups in total. The molecule has 0 radical (unpaired) electrons. The van der Waals surface area contributed by atoms with Crippen LogP contribution in [0.2, 0.25) is 0 Å². The summed E-state index contributed by atoms with van der Waals surface area (Å²) in [6, 6.07) is 3.53. The average Bonchev–Trinajstić information content (AvgIpc) is 2.28. The number of nitrogens with zero attached hydrogens (tertiary/aromatic N) is 1. The standard InChI is InChI=1S/C12H10F3NO2S/c1-2-18-11(17)5-7-8(6-16)10(19)4-3-9(7)12(13,14)15/h3-4,19H,2,5H2,1H3. The van der Waals surface area contributed by atoms with Gasteiger partial charge in [-0.15, -0.1) is 12.6 Å². The van der Waals surface area contributed by atoms with Crippen LogP contribution in [-0.2, 0) is 22.1 Å². The van der Waals surface area contributed by atoms with Gasteiger partial charge < -0.3 is 4.74 Å². The fourth-order valence-corrected chi connectivity index (χ4v) is 1.83. The van der Waals surface area contributed by atoms with Crippen LogP contribution in [0.3, 0.4) is 0 Å². The van der Waals surface area contributed by atoms with Crippen molar-refractivity contribution >= 4 is 18.6 Å². The second kappa shape index (κ2) is 5.97. The second-order valence-electron chi connectivity index (χ2n) is 3.58. The van der Waals surface area contributed by atoms with Gasteiger partial charge in [-0.05, 0) is 24.6 Å². The van der Waals surface area contributed by atoms with Crippen LogP contribution in [0, 0.1) is 11.3 Å². The molecule has 1 aromatic rings. The highest BCUT2D eigenvalue weighted by Crippen LogP contribution is 2.35. The van der Waals surface area contributed by atoms with E-state index in [-0.39, 0.29) is 17.1 Å². The molecule has 1 aromatic carbocycles. The minimum Gasteiger partial charge on any atom is -0.466 e. The summed E-state index contributed by atoms with van der Waals surface area (Å²) >= 11 is 3.92. The molecule has 0 saturated heterocycles. The zero-order valence-electron chi connectivity index (χ0n) is 9.91. The van der Waals surface area contributed by atoms with E-state index < -0.39 is 29.7 Å².